The summed E-state index contributed by atoms with van der Waals surface area (Å²) >= 11 is 2.47. The van der Waals surface area contributed by atoms with Crippen molar-refractivity contribution in [1.82, 2.24) is 5.32 Å². The van der Waals surface area contributed by atoms with Crippen molar-refractivity contribution < 1.29 is 4.57 Å². The number of hydrogen-bond acceptors (Lipinski definition) is 2. The van der Waals surface area contributed by atoms with Crippen LogP contribution in [0.4, 0.5) is 5.69 Å². The zero-order valence-corrected chi connectivity index (χ0v) is 16.8. The molecule has 0 saturated heterocycles. The highest BCUT2D eigenvalue weighted by molar-refractivity contribution is 14.1. The van der Waals surface area contributed by atoms with Crippen LogP contribution >= 0.6 is 22.6 Å². The molecule has 0 unspecified atom stereocenters. The molecule has 1 aromatic heterocycles. The van der Waals surface area contributed by atoms with Crippen LogP contribution in [-0.4, -0.2) is 25.6 Å². The highest BCUT2D eigenvalue weighted by Gasteiger charge is 2.16. The fourth-order valence-electron chi connectivity index (χ4n) is 3.18. The normalized spacial score (nSPS) is 11.3. The third-order valence-electron chi connectivity index (χ3n) is 4.41. The molecule has 126 valence electrons. The number of nitrogens with one attached hydrogen (secondary N) is 1. The number of hydrogen-bond donors (Lipinski definition) is 1. The minimum Gasteiger partial charge on any atom is -0.377 e. The summed E-state index contributed by atoms with van der Waals surface area (Å²) in [7, 11) is 6.20. The molecule has 0 atom stereocenters. The maximum absolute atomic E-state index is 3.26. The van der Waals surface area contributed by atoms with Crippen LogP contribution in [0.2, 0.25) is 0 Å². The van der Waals surface area contributed by atoms with E-state index in [4.69, 9.17) is 0 Å². The number of aryl methyl sites for hydroxylation is 1. The van der Waals surface area contributed by atoms with Gasteiger partial charge in [-0.05, 0) is 36.9 Å². The predicted octanol–water partition coefficient (Wildman–Crippen LogP) is 3.89. The van der Waals surface area contributed by atoms with Crippen molar-refractivity contribution in [2.24, 2.45) is 0 Å². The number of pyridine rings is 1. The van der Waals surface area contributed by atoms with Gasteiger partial charge in [-0.15, -0.1) is 0 Å². The SMILES string of the molecule is CNCc1ccc2cc3ccc(N(C)C)cc3[n+](CCCI)c2c1. The first-order chi connectivity index (χ1) is 11.6. The van der Waals surface area contributed by atoms with Gasteiger partial charge in [-0.3, -0.25) is 0 Å². The highest BCUT2D eigenvalue weighted by atomic mass is 127. The molecule has 0 fully saturated rings. The fourth-order valence-corrected chi connectivity index (χ4v) is 3.52. The maximum atomic E-state index is 3.26. The first-order valence-corrected chi connectivity index (χ1v) is 9.93. The molecule has 0 spiro atoms. The lowest BCUT2D eigenvalue weighted by atomic mass is 10.1. The molecule has 2 aromatic carbocycles. The van der Waals surface area contributed by atoms with E-state index < -0.39 is 0 Å². The van der Waals surface area contributed by atoms with Crippen LogP contribution in [0.1, 0.15) is 12.0 Å². The number of benzene rings is 2. The zero-order chi connectivity index (χ0) is 17.1. The van der Waals surface area contributed by atoms with Gasteiger partial charge in [0.05, 0.1) is 0 Å². The highest BCUT2D eigenvalue weighted by Crippen LogP contribution is 2.23. The van der Waals surface area contributed by atoms with E-state index in [9.17, 15) is 0 Å². The summed E-state index contributed by atoms with van der Waals surface area (Å²) in [5.74, 6) is 0. The molecule has 24 heavy (non-hydrogen) atoms. The summed E-state index contributed by atoms with van der Waals surface area (Å²) in [4.78, 5) is 2.17. The van der Waals surface area contributed by atoms with Crippen molar-refractivity contribution in [3.63, 3.8) is 0 Å². The third kappa shape index (κ3) is 3.49. The Balaban J connectivity index is 2.28. The van der Waals surface area contributed by atoms with Crippen LogP contribution in [-0.2, 0) is 13.1 Å². The summed E-state index contributed by atoms with van der Waals surface area (Å²) in [5, 5.41) is 5.88. The average molecular weight is 434 g/mol. The van der Waals surface area contributed by atoms with Gasteiger partial charge in [0.15, 0.2) is 0 Å². The smallest absolute Gasteiger partial charge is 0.215 e. The van der Waals surface area contributed by atoms with Gasteiger partial charge in [-0.25, -0.2) is 0 Å². The Hall–Kier alpha value is -1.40. The largest absolute Gasteiger partial charge is 0.377 e. The zero-order valence-electron chi connectivity index (χ0n) is 14.6. The van der Waals surface area contributed by atoms with Crippen LogP contribution in [0.15, 0.2) is 42.5 Å². The van der Waals surface area contributed by atoms with Gasteiger partial charge in [0.2, 0.25) is 11.0 Å². The van der Waals surface area contributed by atoms with Crippen molar-refractivity contribution in [1.29, 1.82) is 0 Å². The van der Waals surface area contributed by atoms with Crippen LogP contribution in [0.3, 0.4) is 0 Å². The van der Waals surface area contributed by atoms with Gasteiger partial charge < -0.3 is 10.2 Å². The van der Waals surface area contributed by atoms with Gasteiger partial charge >= 0.3 is 0 Å². The first-order valence-electron chi connectivity index (χ1n) is 8.41. The van der Waals surface area contributed by atoms with Crippen molar-refractivity contribution in [2.45, 2.75) is 19.5 Å². The van der Waals surface area contributed by atoms with E-state index in [0.29, 0.717) is 0 Å². The van der Waals surface area contributed by atoms with Gasteiger partial charge in [-0.1, -0.05) is 28.7 Å². The van der Waals surface area contributed by atoms with Crippen LogP contribution in [0.25, 0.3) is 21.8 Å². The van der Waals surface area contributed by atoms with Crippen molar-refractivity contribution in [2.75, 3.05) is 30.5 Å². The van der Waals surface area contributed by atoms with Crippen molar-refractivity contribution in [3.05, 3.63) is 48.0 Å². The molecule has 3 aromatic rings. The van der Waals surface area contributed by atoms with E-state index in [1.807, 2.05) is 7.05 Å². The lowest BCUT2D eigenvalue weighted by Gasteiger charge is -2.13. The molecule has 1 heterocycles. The molecule has 4 heteroatoms. The number of aromatic nitrogens is 1. The molecule has 3 nitrogen and oxygen atoms in total. The van der Waals surface area contributed by atoms with Gasteiger partial charge in [0.25, 0.3) is 0 Å². The van der Waals surface area contributed by atoms with Crippen molar-refractivity contribution in [3.8, 4) is 0 Å². The number of rotatable bonds is 6. The van der Waals surface area contributed by atoms with Crippen LogP contribution in [0, 0.1) is 0 Å². The fraction of sp³-hybridized carbons (Fsp3) is 0.350. The van der Waals surface area contributed by atoms with Gasteiger partial charge in [0, 0.05) is 60.1 Å². The third-order valence-corrected chi connectivity index (χ3v) is 5.18. The minimum atomic E-state index is 0.901. The molecule has 1 N–H and O–H groups in total. The van der Waals surface area contributed by atoms with E-state index >= 15 is 0 Å². The number of halogens is 1. The molecular weight excluding hydrogens is 409 g/mol. The van der Waals surface area contributed by atoms with E-state index in [2.05, 4.69) is 93.9 Å². The molecular formula is C20H25IN3+. The summed E-state index contributed by atoms with van der Waals surface area (Å²) < 4.78 is 3.67. The quantitative estimate of drug-likeness (QED) is 0.275. The van der Waals surface area contributed by atoms with Crippen LogP contribution in [0.5, 0.6) is 0 Å². The van der Waals surface area contributed by atoms with E-state index in [0.717, 1.165) is 13.1 Å². The van der Waals surface area contributed by atoms with E-state index in [-0.39, 0.29) is 0 Å². The van der Waals surface area contributed by atoms with Crippen LogP contribution < -0.4 is 14.8 Å². The monoisotopic (exact) mass is 434 g/mol. The Morgan fingerprint density at radius 3 is 2.38 bits per heavy atom. The Morgan fingerprint density at radius 1 is 1.00 bits per heavy atom. The van der Waals surface area contributed by atoms with Crippen molar-refractivity contribution >= 4 is 50.1 Å². The topological polar surface area (TPSA) is 19.1 Å². The summed E-state index contributed by atoms with van der Waals surface area (Å²) in [6, 6.07) is 15.9. The second-order valence-corrected chi connectivity index (χ2v) is 7.48. The molecule has 0 amide bonds. The Kier molecular flexibility index (Phi) is 5.56. The Bertz CT molecular complexity index is 858. The molecule has 3 rings (SSSR count). The lowest BCUT2D eigenvalue weighted by molar-refractivity contribution is -0.645. The Labute approximate surface area is 157 Å². The first kappa shape index (κ1) is 17.4. The number of nitrogens with zero attached hydrogens (tertiary/aromatic N) is 2. The lowest BCUT2D eigenvalue weighted by Crippen LogP contribution is -2.36. The van der Waals surface area contributed by atoms with E-state index in [1.54, 1.807) is 0 Å². The Morgan fingerprint density at radius 2 is 1.71 bits per heavy atom. The maximum Gasteiger partial charge on any atom is 0.215 e. The van der Waals surface area contributed by atoms with Gasteiger partial charge in [0.1, 0.15) is 6.54 Å². The number of alkyl halides is 1. The number of fused-ring (bicyclic) bond motifs is 2. The predicted molar refractivity (Wildman–Crippen MR) is 112 cm³/mol. The molecule has 0 aliphatic carbocycles. The summed E-state index contributed by atoms with van der Waals surface area (Å²) in [6.45, 7) is 1.95. The minimum absolute atomic E-state index is 0.901. The van der Waals surface area contributed by atoms with E-state index in [1.165, 1.54) is 43.9 Å². The second kappa shape index (κ2) is 7.66. The summed E-state index contributed by atoms with van der Waals surface area (Å²) in [6.07, 6.45) is 1.18. The second-order valence-electron chi connectivity index (χ2n) is 6.40. The molecule has 0 aliphatic heterocycles. The molecule has 0 aliphatic rings. The van der Waals surface area contributed by atoms with Gasteiger partial charge in [-0.2, -0.15) is 4.57 Å². The number of anilines is 1. The summed E-state index contributed by atoms with van der Waals surface area (Å²) in [5.41, 5.74) is 5.23. The standard InChI is InChI=1S/C20H25IN3/c1-22-14-15-5-6-16-12-17-7-8-18(23(2)3)13-20(17)24(10-4-9-21)19(16)11-15/h5-8,11-13,22H,4,9-10,14H2,1-3H3/q+1. The average Bonchev–Trinajstić information content (AvgIpc) is 2.58. The molecule has 0 radical (unpaired) electrons. The molecule has 0 saturated carbocycles. The molecule has 0 bridgehead atoms.